The molecule has 2 saturated heterocycles. The molecule has 3 heterocycles. The van der Waals surface area contributed by atoms with Crippen molar-refractivity contribution in [1.29, 1.82) is 0 Å². The molecule has 1 atom stereocenters. The summed E-state index contributed by atoms with van der Waals surface area (Å²) in [5.74, 6) is 2.57. The molecule has 0 N–H and O–H groups in total. The van der Waals surface area contributed by atoms with E-state index in [1.807, 2.05) is 11.8 Å². The molecule has 19 heavy (non-hydrogen) atoms. The van der Waals surface area contributed by atoms with Gasteiger partial charge in [0, 0.05) is 36.0 Å². The number of amides is 1. The first-order valence-corrected chi connectivity index (χ1v) is 9.01. The summed E-state index contributed by atoms with van der Waals surface area (Å²) < 4.78 is 0. The summed E-state index contributed by atoms with van der Waals surface area (Å²) in [6, 6.07) is 4.39. The molecule has 0 bridgehead atoms. The predicted molar refractivity (Wildman–Crippen MR) is 81.7 cm³/mol. The maximum atomic E-state index is 12.6. The van der Waals surface area contributed by atoms with Crippen LogP contribution in [0.5, 0.6) is 0 Å². The van der Waals surface area contributed by atoms with Gasteiger partial charge in [0.2, 0.25) is 5.91 Å². The van der Waals surface area contributed by atoms with Gasteiger partial charge in [0.25, 0.3) is 0 Å². The van der Waals surface area contributed by atoms with Gasteiger partial charge in [-0.05, 0) is 30.8 Å². The minimum Gasteiger partial charge on any atom is -0.340 e. The summed E-state index contributed by atoms with van der Waals surface area (Å²) >= 11 is 3.75. The van der Waals surface area contributed by atoms with E-state index < -0.39 is 0 Å². The molecule has 0 aliphatic carbocycles. The molecule has 1 aromatic heterocycles. The summed E-state index contributed by atoms with van der Waals surface area (Å²) in [6.45, 7) is 3.88. The normalized spacial score (nSPS) is 24.8. The minimum absolute atomic E-state index is 0.130. The Morgan fingerprint density at radius 3 is 2.89 bits per heavy atom. The lowest BCUT2D eigenvalue weighted by atomic mass is 10.2. The Labute approximate surface area is 123 Å². The maximum absolute atomic E-state index is 12.6. The molecule has 0 radical (unpaired) electrons. The lowest BCUT2D eigenvalue weighted by Gasteiger charge is -2.32. The van der Waals surface area contributed by atoms with E-state index in [1.165, 1.54) is 4.88 Å². The number of thiophene rings is 1. The van der Waals surface area contributed by atoms with E-state index in [9.17, 15) is 4.79 Å². The molecular weight excluding hydrogens is 276 g/mol. The quantitative estimate of drug-likeness (QED) is 0.855. The van der Waals surface area contributed by atoms with E-state index in [2.05, 4.69) is 27.3 Å². The van der Waals surface area contributed by atoms with Gasteiger partial charge in [-0.1, -0.05) is 6.07 Å². The average Bonchev–Trinajstić information content (AvgIpc) is 3.11. The third kappa shape index (κ3) is 3.15. The van der Waals surface area contributed by atoms with E-state index in [-0.39, 0.29) is 6.04 Å². The Morgan fingerprint density at radius 2 is 2.16 bits per heavy atom. The van der Waals surface area contributed by atoms with E-state index in [0.29, 0.717) is 5.91 Å². The van der Waals surface area contributed by atoms with Crippen LogP contribution in [0.25, 0.3) is 0 Å². The smallest absolute Gasteiger partial charge is 0.239 e. The first kappa shape index (κ1) is 13.5. The second kappa shape index (κ2) is 6.29. The van der Waals surface area contributed by atoms with E-state index in [1.54, 1.807) is 11.3 Å². The van der Waals surface area contributed by atoms with Gasteiger partial charge >= 0.3 is 0 Å². The van der Waals surface area contributed by atoms with Crippen LogP contribution >= 0.6 is 23.1 Å². The Morgan fingerprint density at radius 1 is 1.32 bits per heavy atom. The second-order valence-corrected chi connectivity index (χ2v) is 7.40. The van der Waals surface area contributed by atoms with Crippen molar-refractivity contribution < 1.29 is 4.79 Å². The van der Waals surface area contributed by atoms with Crippen molar-refractivity contribution in [3.05, 3.63) is 22.4 Å². The van der Waals surface area contributed by atoms with Crippen molar-refractivity contribution >= 4 is 29.0 Å². The molecule has 1 amide bonds. The molecule has 0 spiro atoms. The van der Waals surface area contributed by atoms with Gasteiger partial charge < -0.3 is 4.90 Å². The van der Waals surface area contributed by atoms with Crippen molar-refractivity contribution in [3.63, 3.8) is 0 Å². The van der Waals surface area contributed by atoms with E-state index >= 15 is 0 Å². The van der Waals surface area contributed by atoms with Crippen molar-refractivity contribution in [2.24, 2.45) is 0 Å². The molecule has 3 rings (SSSR count). The largest absolute Gasteiger partial charge is 0.340 e. The molecule has 0 unspecified atom stereocenters. The summed E-state index contributed by atoms with van der Waals surface area (Å²) in [4.78, 5) is 18.4. The Kier molecular flexibility index (Phi) is 4.45. The predicted octanol–water partition coefficient (Wildman–Crippen LogP) is 2.29. The SMILES string of the molecule is O=C([C@@H]1CCCN1Cc1cccs1)N1CCSCC1. The molecular formula is C14H20N2OS2. The number of thioether (sulfide) groups is 1. The van der Waals surface area contributed by atoms with Crippen molar-refractivity contribution in [2.45, 2.75) is 25.4 Å². The number of nitrogens with zero attached hydrogens (tertiary/aromatic N) is 2. The van der Waals surface area contributed by atoms with Gasteiger partial charge in [-0.25, -0.2) is 0 Å². The van der Waals surface area contributed by atoms with Crippen LogP contribution in [-0.4, -0.2) is 52.9 Å². The second-order valence-electron chi connectivity index (χ2n) is 5.15. The number of likely N-dealkylation sites (tertiary alicyclic amines) is 1. The van der Waals surface area contributed by atoms with Crippen molar-refractivity contribution in [3.8, 4) is 0 Å². The van der Waals surface area contributed by atoms with Gasteiger partial charge in [-0.15, -0.1) is 11.3 Å². The molecule has 2 aliphatic heterocycles. The highest BCUT2D eigenvalue weighted by molar-refractivity contribution is 7.99. The van der Waals surface area contributed by atoms with E-state index in [0.717, 1.165) is 50.5 Å². The van der Waals surface area contributed by atoms with Crippen LogP contribution in [0.15, 0.2) is 17.5 Å². The van der Waals surface area contributed by atoms with Crippen LogP contribution in [0.4, 0.5) is 0 Å². The zero-order valence-electron chi connectivity index (χ0n) is 11.1. The van der Waals surface area contributed by atoms with Gasteiger partial charge in [-0.3, -0.25) is 9.69 Å². The standard InChI is InChI=1S/C14H20N2OS2/c17-14(15-6-9-18-10-7-15)13-4-1-5-16(13)11-12-3-2-8-19-12/h2-3,8,13H,1,4-7,9-11H2/t13-/m0/s1. The van der Waals surface area contributed by atoms with Crippen molar-refractivity contribution in [2.75, 3.05) is 31.1 Å². The molecule has 2 fully saturated rings. The summed E-state index contributed by atoms with van der Waals surface area (Å²) in [5, 5.41) is 2.12. The fourth-order valence-electron chi connectivity index (χ4n) is 2.89. The van der Waals surface area contributed by atoms with Gasteiger partial charge in [0.05, 0.1) is 6.04 Å². The Balaban J connectivity index is 1.63. The monoisotopic (exact) mass is 296 g/mol. The molecule has 5 heteroatoms. The minimum atomic E-state index is 0.130. The zero-order chi connectivity index (χ0) is 13.1. The highest BCUT2D eigenvalue weighted by atomic mass is 32.2. The summed E-state index contributed by atoms with van der Waals surface area (Å²) in [7, 11) is 0. The fraction of sp³-hybridized carbons (Fsp3) is 0.643. The highest BCUT2D eigenvalue weighted by Gasteiger charge is 2.34. The number of carbonyl (C=O) groups is 1. The summed E-state index contributed by atoms with van der Waals surface area (Å²) in [6.07, 6.45) is 2.19. The Hall–Kier alpha value is -0.520. The van der Waals surface area contributed by atoms with Crippen LogP contribution < -0.4 is 0 Å². The van der Waals surface area contributed by atoms with Crippen LogP contribution in [0.2, 0.25) is 0 Å². The molecule has 104 valence electrons. The molecule has 2 aliphatic rings. The topological polar surface area (TPSA) is 23.6 Å². The first-order valence-electron chi connectivity index (χ1n) is 6.97. The van der Waals surface area contributed by atoms with Gasteiger partial charge in [-0.2, -0.15) is 11.8 Å². The number of rotatable bonds is 3. The first-order chi connectivity index (χ1) is 9.34. The molecule has 0 aromatic carbocycles. The van der Waals surface area contributed by atoms with Crippen LogP contribution in [0, 0.1) is 0 Å². The maximum Gasteiger partial charge on any atom is 0.239 e. The fourth-order valence-corrected chi connectivity index (χ4v) is 4.52. The van der Waals surface area contributed by atoms with E-state index in [4.69, 9.17) is 0 Å². The zero-order valence-corrected chi connectivity index (χ0v) is 12.7. The Bertz CT molecular complexity index is 415. The average molecular weight is 296 g/mol. The molecule has 0 saturated carbocycles. The highest BCUT2D eigenvalue weighted by Crippen LogP contribution is 2.24. The number of carbonyl (C=O) groups excluding carboxylic acids is 1. The van der Waals surface area contributed by atoms with Crippen LogP contribution in [0.1, 0.15) is 17.7 Å². The third-order valence-electron chi connectivity index (χ3n) is 3.91. The molecule has 3 nitrogen and oxygen atoms in total. The summed E-state index contributed by atoms with van der Waals surface area (Å²) in [5.41, 5.74) is 0. The molecule has 1 aromatic rings. The number of hydrogen-bond acceptors (Lipinski definition) is 4. The van der Waals surface area contributed by atoms with Gasteiger partial charge in [0.15, 0.2) is 0 Å². The third-order valence-corrected chi connectivity index (χ3v) is 5.71. The van der Waals surface area contributed by atoms with Crippen molar-refractivity contribution in [1.82, 2.24) is 9.80 Å². The van der Waals surface area contributed by atoms with Crippen LogP contribution in [0.3, 0.4) is 0 Å². The van der Waals surface area contributed by atoms with Gasteiger partial charge in [0.1, 0.15) is 0 Å². The lowest BCUT2D eigenvalue weighted by molar-refractivity contribution is -0.135. The van der Waals surface area contributed by atoms with Crippen LogP contribution in [-0.2, 0) is 11.3 Å². The lowest BCUT2D eigenvalue weighted by Crippen LogP contribution is -2.48. The number of hydrogen-bond donors (Lipinski definition) is 0.